The Labute approximate surface area is 153 Å². The van der Waals surface area contributed by atoms with Gasteiger partial charge in [-0.3, -0.25) is 4.79 Å². The number of ether oxygens (including phenoxy) is 1. The summed E-state index contributed by atoms with van der Waals surface area (Å²) in [4.78, 5) is 16.5. The van der Waals surface area contributed by atoms with Crippen LogP contribution in [0.25, 0.3) is 0 Å². The molecule has 1 aliphatic rings. The minimum atomic E-state index is -0.234. The third-order valence-electron chi connectivity index (χ3n) is 4.69. The Kier molecular flexibility index (Phi) is 5.61. The smallest absolute Gasteiger partial charge is 0.241 e. The first-order valence-corrected chi connectivity index (χ1v) is 8.73. The summed E-state index contributed by atoms with van der Waals surface area (Å²) in [5.74, 6) is 0.651. The van der Waals surface area contributed by atoms with Gasteiger partial charge in [-0.05, 0) is 55.0 Å². The highest BCUT2D eigenvalue weighted by Crippen LogP contribution is 2.21. The van der Waals surface area contributed by atoms with Crippen LogP contribution in [0.5, 0.6) is 5.75 Å². The lowest BCUT2D eigenvalue weighted by atomic mass is 10.2. The van der Waals surface area contributed by atoms with E-state index in [0.29, 0.717) is 13.1 Å². The monoisotopic (exact) mass is 357 g/mol. The maximum atomic E-state index is 13.0. The van der Waals surface area contributed by atoms with Crippen LogP contribution < -0.4 is 15.0 Å². The molecule has 1 saturated heterocycles. The number of benzene rings is 2. The summed E-state index contributed by atoms with van der Waals surface area (Å²) in [6.45, 7) is 5.08. The summed E-state index contributed by atoms with van der Waals surface area (Å²) < 4.78 is 18.2. The molecule has 0 spiro atoms. The van der Waals surface area contributed by atoms with Crippen LogP contribution in [-0.2, 0) is 4.79 Å². The quantitative estimate of drug-likeness (QED) is 0.894. The number of anilines is 2. The van der Waals surface area contributed by atoms with Crippen LogP contribution in [0.4, 0.5) is 15.8 Å². The molecule has 0 bridgehead atoms. The third-order valence-corrected chi connectivity index (χ3v) is 4.69. The van der Waals surface area contributed by atoms with Crippen molar-refractivity contribution in [3.63, 3.8) is 0 Å². The molecule has 6 heteroatoms. The second-order valence-corrected chi connectivity index (χ2v) is 6.38. The number of amides is 1. The number of carbonyl (C=O) groups is 1. The normalized spacial score (nSPS) is 14.3. The molecule has 5 nitrogen and oxygen atoms in total. The lowest BCUT2D eigenvalue weighted by Crippen LogP contribution is -2.50. The predicted molar refractivity (Wildman–Crippen MR) is 101 cm³/mol. The second kappa shape index (κ2) is 8.08. The first-order chi connectivity index (χ1) is 12.6. The highest BCUT2D eigenvalue weighted by atomic mass is 19.1. The molecule has 1 heterocycles. The fourth-order valence-corrected chi connectivity index (χ4v) is 3.11. The Bertz CT molecular complexity index is 756. The van der Waals surface area contributed by atoms with Crippen molar-refractivity contribution in [3.05, 3.63) is 53.8 Å². The molecule has 2 aromatic rings. The maximum absolute atomic E-state index is 13.0. The van der Waals surface area contributed by atoms with E-state index in [-0.39, 0.29) is 18.3 Å². The van der Waals surface area contributed by atoms with Crippen LogP contribution in [0.3, 0.4) is 0 Å². The van der Waals surface area contributed by atoms with Gasteiger partial charge in [-0.1, -0.05) is 0 Å². The Morgan fingerprint density at radius 2 is 1.81 bits per heavy atom. The lowest BCUT2D eigenvalue weighted by molar-refractivity contribution is -0.129. The SMILES string of the molecule is COc1ccc(NCC(=O)N2CCN(c3ccc(F)cc3)CC2)c(C)c1. The van der Waals surface area contributed by atoms with Gasteiger partial charge in [-0.25, -0.2) is 4.39 Å². The predicted octanol–water partition coefficient (Wildman–Crippen LogP) is 2.90. The van der Waals surface area contributed by atoms with E-state index in [9.17, 15) is 9.18 Å². The van der Waals surface area contributed by atoms with Crippen LogP contribution in [0.15, 0.2) is 42.5 Å². The number of nitrogens with one attached hydrogen (secondary N) is 1. The van der Waals surface area contributed by atoms with Crippen molar-refractivity contribution in [2.24, 2.45) is 0 Å². The molecular weight excluding hydrogens is 333 g/mol. The average molecular weight is 357 g/mol. The number of hydrogen-bond donors (Lipinski definition) is 1. The molecule has 1 amide bonds. The topological polar surface area (TPSA) is 44.8 Å². The molecule has 26 heavy (non-hydrogen) atoms. The Morgan fingerprint density at radius 1 is 1.12 bits per heavy atom. The van der Waals surface area contributed by atoms with Crippen molar-refractivity contribution < 1.29 is 13.9 Å². The van der Waals surface area contributed by atoms with Gasteiger partial charge in [0.1, 0.15) is 11.6 Å². The van der Waals surface area contributed by atoms with Crippen LogP contribution in [0, 0.1) is 12.7 Å². The van der Waals surface area contributed by atoms with Crippen molar-refractivity contribution in [3.8, 4) is 5.75 Å². The summed E-state index contributed by atoms with van der Waals surface area (Å²) in [6.07, 6.45) is 0. The minimum absolute atomic E-state index is 0.0824. The second-order valence-electron chi connectivity index (χ2n) is 6.38. The lowest BCUT2D eigenvalue weighted by Gasteiger charge is -2.36. The summed E-state index contributed by atoms with van der Waals surface area (Å²) in [6, 6.07) is 12.2. The van der Waals surface area contributed by atoms with Gasteiger partial charge < -0.3 is 19.9 Å². The molecule has 0 aliphatic carbocycles. The highest BCUT2D eigenvalue weighted by Gasteiger charge is 2.21. The molecule has 0 unspecified atom stereocenters. The number of carbonyl (C=O) groups excluding carboxylic acids is 1. The molecule has 1 N–H and O–H groups in total. The molecule has 0 radical (unpaired) electrons. The zero-order valence-electron chi connectivity index (χ0n) is 15.2. The third kappa shape index (κ3) is 4.25. The summed E-state index contributed by atoms with van der Waals surface area (Å²) >= 11 is 0. The van der Waals surface area contributed by atoms with Crippen LogP contribution >= 0.6 is 0 Å². The van der Waals surface area contributed by atoms with Crippen molar-refractivity contribution in [2.45, 2.75) is 6.92 Å². The van der Waals surface area contributed by atoms with Crippen molar-refractivity contribution in [2.75, 3.05) is 50.1 Å². The average Bonchev–Trinajstić information content (AvgIpc) is 2.67. The zero-order valence-corrected chi connectivity index (χ0v) is 15.2. The highest BCUT2D eigenvalue weighted by molar-refractivity contribution is 5.81. The number of halogens is 1. The summed E-state index contributed by atoms with van der Waals surface area (Å²) in [5.41, 5.74) is 2.97. The van der Waals surface area contributed by atoms with Crippen LogP contribution in [0.1, 0.15) is 5.56 Å². The summed E-state index contributed by atoms with van der Waals surface area (Å²) in [7, 11) is 1.64. The first kappa shape index (κ1) is 18.0. The number of nitrogens with zero attached hydrogens (tertiary/aromatic N) is 2. The number of methoxy groups -OCH3 is 1. The van der Waals surface area contributed by atoms with Gasteiger partial charge in [-0.2, -0.15) is 0 Å². The van der Waals surface area contributed by atoms with Gasteiger partial charge in [0, 0.05) is 37.6 Å². The standard InChI is InChI=1S/C20H24FN3O2/c1-15-13-18(26-2)7-8-19(15)22-14-20(25)24-11-9-23(10-12-24)17-5-3-16(21)4-6-17/h3-8,13,22H,9-12,14H2,1-2H3. The van der Waals surface area contributed by atoms with E-state index in [2.05, 4.69) is 10.2 Å². The molecular formula is C20H24FN3O2. The van der Waals surface area contributed by atoms with Crippen molar-refractivity contribution >= 4 is 17.3 Å². The van der Waals surface area contributed by atoms with E-state index in [1.807, 2.05) is 30.0 Å². The van der Waals surface area contributed by atoms with Gasteiger partial charge in [0.05, 0.1) is 13.7 Å². The molecule has 0 aromatic heterocycles. The number of aryl methyl sites for hydroxylation is 1. The minimum Gasteiger partial charge on any atom is -0.497 e. The molecule has 0 saturated carbocycles. The summed E-state index contributed by atoms with van der Waals surface area (Å²) in [5, 5.41) is 3.21. The van der Waals surface area contributed by atoms with Crippen LogP contribution in [-0.4, -0.2) is 50.6 Å². The number of hydrogen-bond acceptors (Lipinski definition) is 4. The van der Waals surface area contributed by atoms with Gasteiger partial charge in [0.15, 0.2) is 0 Å². The molecule has 2 aromatic carbocycles. The molecule has 1 aliphatic heterocycles. The number of rotatable bonds is 5. The Morgan fingerprint density at radius 3 is 2.42 bits per heavy atom. The molecule has 138 valence electrons. The van der Waals surface area contributed by atoms with Gasteiger partial charge >= 0.3 is 0 Å². The molecule has 0 atom stereocenters. The van der Waals surface area contributed by atoms with Gasteiger partial charge in [0.25, 0.3) is 0 Å². The van der Waals surface area contributed by atoms with E-state index in [1.54, 1.807) is 19.2 Å². The largest absolute Gasteiger partial charge is 0.497 e. The zero-order chi connectivity index (χ0) is 18.5. The molecule has 3 rings (SSSR count). The van der Waals surface area contributed by atoms with Crippen molar-refractivity contribution in [1.82, 2.24) is 4.90 Å². The van der Waals surface area contributed by atoms with E-state index in [1.165, 1.54) is 12.1 Å². The van der Waals surface area contributed by atoms with E-state index < -0.39 is 0 Å². The maximum Gasteiger partial charge on any atom is 0.241 e. The first-order valence-electron chi connectivity index (χ1n) is 8.73. The Balaban J connectivity index is 1.50. The van der Waals surface area contributed by atoms with E-state index >= 15 is 0 Å². The van der Waals surface area contributed by atoms with Gasteiger partial charge in [0.2, 0.25) is 5.91 Å². The van der Waals surface area contributed by atoms with Gasteiger partial charge in [-0.15, -0.1) is 0 Å². The molecule has 1 fully saturated rings. The van der Waals surface area contributed by atoms with Crippen LogP contribution in [0.2, 0.25) is 0 Å². The number of piperazine rings is 1. The fraction of sp³-hybridized carbons (Fsp3) is 0.350. The van der Waals surface area contributed by atoms with Crippen molar-refractivity contribution in [1.29, 1.82) is 0 Å². The van der Waals surface area contributed by atoms with E-state index in [4.69, 9.17) is 4.74 Å². The Hall–Kier alpha value is -2.76. The fourth-order valence-electron chi connectivity index (χ4n) is 3.11. The van der Waals surface area contributed by atoms with E-state index in [0.717, 1.165) is 35.8 Å².